The monoisotopic (exact) mass is 231 g/mol. The summed E-state index contributed by atoms with van der Waals surface area (Å²) in [5, 5.41) is 0. The first kappa shape index (κ1) is 11.3. The highest BCUT2D eigenvalue weighted by Crippen LogP contribution is 2.30. The van der Waals surface area contributed by atoms with Gasteiger partial charge >= 0.3 is 6.36 Å². The molecule has 0 aliphatic carbocycles. The molecule has 16 heavy (non-hydrogen) atoms. The molecule has 1 aromatic carbocycles. The third kappa shape index (κ3) is 2.66. The number of halogens is 3. The zero-order chi connectivity index (χ0) is 11.8. The maximum atomic E-state index is 12.0. The van der Waals surface area contributed by atoms with E-state index in [4.69, 9.17) is 0 Å². The van der Waals surface area contributed by atoms with Gasteiger partial charge in [0.15, 0.2) is 0 Å². The van der Waals surface area contributed by atoms with E-state index in [1.54, 1.807) is 6.07 Å². The number of alkyl halides is 3. The maximum Gasteiger partial charge on any atom is 0.573 e. The highest BCUT2D eigenvalue weighted by molar-refractivity contribution is 5.32. The second-order valence-corrected chi connectivity index (χ2v) is 4.04. The molecule has 0 N–H and O–H groups in total. The van der Waals surface area contributed by atoms with E-state index in [0.29, 0.717) is 5.92 Å². The largest absolute Gasteiger partial charge is 0.573 e. The lowest BCUT2D eigenvalue weighted by Crippen LogP contribution is -2.41. The van der Waals surface area contributed by atoms with Gasteiger partial charge in [-0.1, -0.05) is 12.1 Å². The lowest BCUT2D eigenvalue weighted by atomic mass is 9.92. The molecule has 0 bridgehead atoms. The molecule has 1 saturated heterocycles. The summed E-state index contributed by atoms with van der Waals surface area (Å²) >= 11 is 0. The van der Waals surface area contributed by atoms with Crippen LogP contribution >= 0.6 is 0 Å². The molecule has 1 aliphatic heterocycles. The van der Waals surface area contributed by atoms with Crippen LogP contribution in [-0.2, 0) is 0 Å². The van der Waals surface area contributed by atoms with Crippen LogP contribution in [-0.4, -0.2) is 31.4 Å². The summed E-state index contributed by atoms with van der Waals surface area (Å²) < 4.78 is 39.9. The van der Waals surface area contributed by atoms with Crippen LogP contribution in [0.5, 0.6) is 5.75 Å². The van der Waals surface area contributed by atoms with Gasteiger partial charge < -0.3 is 9.64 Å². The zero-order valence-corrected chi connectivity index (χ0v) is 8.79. The van der Waals surface area contributed by atoms with Gasteiger partial charge in [-0.05, 0) is 24.7 Å². The van der Waals surface area contributed by atoms with Crippen molar-refractivity contribution in [2.24, 2.45) is 0 Å². The Morgan fingerprint density at radius 1 is 1.31 bits per heavy atom. The molecule has 0 unspecified atom stereocenters. The number of hydrogen-bond acceptors (Lipinski definition) is 2. The Morgan fingerprint density at radius 3 is 2.56 bits per heavy atom. The lowest BCUT2D eigenvalue weighted by molar-refractivity contribution is -0.274. The molecule has 0 saturated carbocycles. The molecule has 0 amide bonds. The van der Waals surface area contributed by atoms with E-state index in [2.05, 4.69) is 9.64 Å². The topological polar surface area (TPSA) is 12.5 Å². The van der Waals surface area contributed by atoms with Crippen LogP contribution in [0.2, 0.25) is 0 Å². The third-order valence-corrected chi connectivity index (χ3v) is 2.63. The summed E-state index contributed by atoms with van der Waals surface area (Å²) in [6.45, 7) is 1.77. The van der Waals surface area contributed by atoms with Gasteiger partial charge in [-0.25, -0.2) is 0 Å². The first-order valence-electron chi connectivity index (χ1n) is 4.98. The minimum Gasteiger partial charge on any atom is -0.406 e. The quantitative estimate of drug-likeness (QED) is 0.775. The van der Waals surface area contributed by atoms with Gasteiger partial charge in [0.05, 0.1) is 0 Å². The number of likely N-dealkylation sites (N-methyl/N-ethyl adjacent to an activating group) is 1. The maximum absolute atomic E-state index is 12.0. The average molecular weight is 231 g/mol. The highest BCUT2D eigenvalue weighted by Gasteiger charge is 2.31. The Hall–Kier alpha value is -1.23. The van der Waals surface area contributed by atoms with Crippen LogP contribution in [0.15, 0.2) is 24.3 Å². The molecular weight excluding hydrogens is 219 g/mol. The Balaban J connectivity index is 2.08. The molecule has 0 radical (unpaired) electrons. The number of ether oxygens (including phenoxy) is 1. The predicted molar refractivity (Wildman–Crippen MR) is 53.4 cm³/mol. The minimum absolute atomic E-state index is 0.139. The molecule has 0 spiro atoms. The number of rotatable bonds is 2. The van der Waals surface area contributed by atoms with Crippen LogP contribution in [0.25, 0.3) is 0 Å². The Bertz CT molecular complexity index is 372. The molecule has 0 atom stereocenters. The third-order valence-electron chi connectivity index (χ3n) is 2.63. The van der Waals surface area contributed by atoms with Crippen LogP contribution in [0, 0.1) is 0 Å². The number of likely N-dealkylation sites (tertiary alicyclic amines) is 1. The second-order valence-electron chi connectivity index (χ2n) is 4.04. The smallest absolute Gasteiger partial charge is 0.406 e. The first-order valence-corrected chi connectivity index (χ1v) is 4.98. The Morgan fingerprint density at radius 2 is 2.00 bits per heavy atom. The summed E-state index contributed by atoms with van der Waals surface area (Å²) in [6.07, 6.45) is -4.62. The fourth-order valence-corrected chi connectivity index (χ4v) is 1.88. The van der Waals surface area contributed by atoms with E-state index < -0.39 is 6.36 Å². The first-order chi connectivity index (χ1) is 7.44. The molecule has 1 fully saturated rings. The van der Waals surface area contributed by atoms with Crippen LogP contribution in [0.1, 0.15) is 11.5 Å². The van der Waals surface area contributed by atoms with Crippen molar-refractivity contribution < 1.29 is 17.9 Å². The van der Waals surface area contributed by atoms with E-state index in [9.17, 15) is 13.2 Å². The molecule has 5 heteroatoms. The Labute approximate surface area is 91.6 Å². The van der Waals surface area contributed by atoms with E-state index in [1.807, 2.05) is 13.1 Å². The van der Waals surface area contributed by atoms with Gasteiger partial charge in [-0.2, -0.15) is 0 Å². The molecule has 2 nitrogen and oxygen atoms in total. The summed E-state index contributed by atoms with van der Waals surface area (Å²) in [4.78, 5) is 2.11. The summed E-state index contributed by atoms with van der Waals surface area (Å²) in [6, 6.07) is 6.21. The van der Waals surface area contributed by atoms with Crippen LogP contribution in [0.4, 0.5) is 13.2 Å². The van der Waals surface area contributed by atoms with Gasteiger partial charge in [0.25, 0.3) is 0 Å². The van der Waals surface area contributed by atoms with Crippen molar-refractivity contribution in [3.05, 3.63) is 29.8 Å². The number of hydrogen-bond donors (Lipinski definition) is 0. The minimum atomic E-state index is -4.62. The Kier molecular flexibility index (Phi) is 2.80. The molecule has 1 heterocycles. The fraction of sp³-hybridized carbons (Fsp3) is 0.455. The highest BCUT2D eigenvalue weighted by atomic mass is 19.4. The standard InChI is InChI=1S/C11H12F3NO/c1-15-6-9(7-15)8-3-2-4-10(5-8)16-11(12,13)14/h2-5,9H,6-7H2,1H3. The van der Waals surface area contributed by atoms with Gasteiger partial charge in [0.1, 0.15) is 5.75 Å². The summed E-state index contributed by atoms with van der Waals surface area (Å²) in [5.41, 5.74) is 0.903. The fourth-order valence-electron chi connectivity index (χ4n) is 1.88. The molecule has 88 valence electrons. The van der Waals surface area contributed by atoms with Crippen molar-refractivity contribution in [3.63, 3.8) is 0 Å². The normalized spacial score (nSPS) is 18.2. The van der Waals surface area contributed by atoms with Gasteiger partial charge in [-0.15, -0.1) is 13.2 Å². The summed E-state index contributed by atoms with van der Waals surface area (Å²) in [5.74, 6) is 0.182. The van der Waals surface area contributed by atoms with Crippen molar-refractivity contribution in [3.8, 4) is 5.75 Å². The zero-order valence-electron chi connectivity index (χ0n) is 8.79. The lowest BCUT2D eigenvalue weighted by Gasteiger charge is -2.36. The molecular formula is C11H12F3NO. The van der Waals surface area contributed by atoms with Gasteiger partial charge in [0, 0.05) is 19.0 Å². The molecule has 2 rings (SSSR count). The van der Waals surface area contributed by atoms with Crippen molar-refractivity contribution in [2.45, 2.75) is 12.3 Å². The predicted octanol–water partition coefficient (Wildman–Crippen LogP) is 2.61. The second kappa shape index (κ2) is 3.97. The van der Waals surface area contributed by atoms with E-state index in [0.717, 1.165) is 18.7 Å². The van der Waals surface area contributed by atoms with Crippen molar-refractivity contribution in [1.29, 1.82) is 0 Å². The van der Waals surface area contributed by atoms with Gasteiger partial charge in [-0.3, -0.25) is 0 Å². The number of nitrogens with zero attached hydrogens (tertiary/aromatic N) is 1. The van der Waals surface area contributed by atoms with Crippen LogP contribution in [0.3, 0.4) is 0 Å². The molecule has 1 aliphatic rings. The van der Waals surface area contributed by atoms with E-state index >= 15 is 0 Å². The van der Waals surface area contributed by atoms with Crippen LogP contribution < -0.4 is 4.74 Å². The molecule has 1 aromatic rings. The SMILES string of the molecule is CN1CC(c2cccc(OC(F)(F)F)c2)C1. The molecule has 0 aromatic heterocycles. The van der Waals surface area contributed by atoms with E-state index in [1.165, 1.54) is 12.1 Å². The van der Waals surface area contributed by atoms with Crippen molar-refractivity contribution in [2.75, 3.05) is 20.1 Å². The van der Waals surface area contributed by atoms with Crippen molar-refractivity contribution in [1.82, 2.24) is 4.90 Å². The van der Waals surface area contributed by atoms with Gasteiger partial charge in [0.2, 0.25) is 0 Å². The van der Waals surface area contributed by atoms with E-state index in [-0.39, 0.29) is 5.75 Å². The number of benzene rings is 1. The average Bonchev–Trinajstić information content (AvgIpc) is 2.10. The van der Waals surface area contributed by atoms with Crippen molar-refractivity contribution >= 4 is 0 Å². The summed E-state index contributed by atoms with van der Waals surface area (Å²) in [7, 11) is 1.98.